The van der Waals surface area contributed by atoms with Crippen LogP contribution in [0.1, 0.15) is 19.4 Å². The second kappa shape index (κ2) is 7.37. The van der Waals surface area contributed by atoms with Crippen molar-refractivity contribution < 1.29 is 0 Å². The lowest BCUT2D eigenvalue weighted by atomic mass is 10.2. The lowest BCUT2D eigenvalue weighted by molar-refractivity contribution is 0.556. The molecule has 0 aliphatic rings. The second-order valence-electron chi connectivity index (χ2n) is 3.97. The van der Waals surface area contributed by atoms with Crippen LogP contribution in [-0.2, 0) is 6.42 Å². The predicted octanol–water partition coefficient (Wildman–Crippen LogP) is 1.21. The number of hydrogen-bond acceptors (Lipinski definition) is 3. The van der Waals surface area contributed by atoms with Crippen LogP contribution in [0.5, 0.6) is 0 Å². The first-order valence-corrected chi connectivity index (χ1v) is 5.62. The summed E-state index contributed by atoms with van der Waals surface area (Å²) in [6, 6.07) is 4.67. The maximum Gasteiger partial charge on any atom is 0.0300 e. The van der Waals surface area contributed by atoms with Crippen molar-refractivity contribution in [2.75, 3.05) is 19.6 Å². The molecule has 0 aliphatic heterocycles. The third-order valence-electron chi connectivity index (χ3n) is 2.17. The van der Waals surface area contributed by atoms with Crippen molar-refractivity contribution in [3.63, 3.8) is 0 Å². The quantitative estimate of drug-likeness (QED) is 0.660. The molecule has 0 aliphatic carbocycles. The van der Waals surface area contributed by atoms with E-state index in [1.54, 1.807) is 0 Å². The smallest absolute Gasteiger partial charge is 0.0300 e. The maximum atomic E-state index is 4.08. The van der Waals surface area contributed by atoms with Gasteiger partial charge in [-0.25, -0.2) is 0 Å². The van der Waals surface area contributed by atoms with E-state index in [2.05, 4.69) is 35.5 Å². The van der Waals surface area contributed by atoms with Crippen molar-refractivity contribution in [1.29, 1.82) is 0 Å². The van der Waals surface area contributed by atoms with Gasteiger partial charge >= 0.3 is 0 Å². The van der Waals surface area contributed by atoms with Gasteiger partial charge in [0.1, 0.15) is 0 Å². The molecule has 0 atom stereocenters. The third kappa shape index (κ3) is 6.20. The molecule has 15 heavy (non-hydrogen) atoms. The largest absolute Gasteiger partial charge is 0.315 e. The number of nitrogens with one attached hydrogen (secondary N) is 2. The first kappa shape index (κ1) is 12.1. The predicted molar refractivity (Wildman–Crippen MR) is 63.9 cm³/mol. The van der Waals surface area contributed by atoms with Gasteiger partial charge in [0, 0.05) is 31.5 Å². The van der Waals surface area contributed by atoms with Gasteiger partial charge in [0.05, 0.1) is 0 Å². The molecule has 3 heteroatoms. The molecule has 1 aromatic rings. The molecule has 0 saturated carbocycles. The van der Waals surface area contributed by atoms with E-state index >= 15 is 0 Å². The summed E-state index contributed by atoms with van der Waals surface area (Å²) in [6.45, 7) is 7.40. The summed E-state index contributed by atoms with van der Waals surface area (Å²) >= 11 is 0. The van der Waals surface area contributed by atoms with E-state index in [0.717, 1.165) is 26.1 Å². The highest BCUT2D eigenvalue weighted by Crippen LogP contribution is 1.94. The molecule has 0 spiro atoms. The lowest BCUT2D eigenvalue weighted by Crippen LogP contribution is -2.32. The molecule has 0 unspecified atom stereocenters. The Balaban J connectivity index is 1.98. The van der Waals surface area contributed by atoms with Crippen molar-refractivity contribution in [2.45, 2.75) is 26.3 Å². The summed E-state index contributed by atoms with van der Waals surface area (Å²) in [4.78, 5) is 4.08. The van der Waals surface area contributed by atoms with Crippen LogP contribution >= 0.6 is 0 Å². The summed E-state index contributed by atoms with van der Waals surface area (Å²) in [5, 5.41) is 6.77. The summed E-state index contributed by atoms with van der Waals surface area (Å²) in [5.41, 5.74) is 1.29. The van der Waals surface area contributed by atoms with Crippen LogP contribution in [-0.4, -0.2) is 30.7 Å². The fraction of sp³-hybridized carbons (Fsp3) is 0.583. The van der Waals surface area contributed by atoms with Crippen molar-refractivity contribution in [1.82, 2.24) is 15.6 Å². The number of aromatic nitrogens is 1. The zero-order valence-electron chi connectivity index (χ0n) is 9.66. The van der Waals surface area contributed by atoms with E-state index in [-0.39, 0.29) is 0 Å². The molecular formula is C12H21N3. The molecule has 1 aromatic heterocycles. The molecule has 0 saturated heterocycles. The Bertz CT molecular complexity index is 246. The summed E-state index contributed by atoms with van der Waals surface area (Å²) in [6.07, 6.45) is 4.78. The molecule has 3 nitrogen and oxygen atoms in total. The Morgan fingerprint density at radius 2 is 2.13 bits per heavy atom. The minimum atomic E-state index is 0.574. The van der Waals surface area contributed by atoms with Crippen LogP contribution in [0.3, 0.4) is 0 Å². The van der Waals surface area contributed by atoms with E-state index in [1.807, 2.05) is 18.5 Å². The van der Waals surface area contributed by atoms with Crippen LogP contribution in [0.2, 0.25) is 0 Å². The molecular weight excluding hydrogens is 186 g/mol. The van der Waals surface area contributed by atoms with Gasteiger partial charge in [-0.2, -0.15) is 0 Å². The molecule has 84 valence electrons. The van der Waals surface area contributed by atoms with E-state index < -0.39 is 0 Å². The molecule has 1 rings (SSSR count). The van der Waals surface area contributed by atoms with Crippen LogP contribution in [0.25, 0.3) is 0 Å². The van der Waals surface area contributed by atoms with E-state index in [9.17, 15) is 0 Å². The average molecular weight is 207 g/mol. The third-order valence-corrected chi connectivity index (χ3v) is 2.17. The fourth-order valence-corrected chi connectivity index (χ4v) is 1.35. The van der Waals surface area contributed by atoms with Crippen molar-refractivity contribution in [3.05, 3.63) is 30.1 Å². The van der Waals surface area contributed by atoms with Gasteiger partial charge in [0.15, 0.2) is 0 Å². The van der Waals surface area contributed by atoms with Crippen molar-refractivity contribution >= 4 is 0 Å². The molecule has 0 bridgehead atoms. The number of hydrogen-bond donors (Lipinski definition) is 2. The van der Waals surface area contributed by atoms with Gasteiger partial charge in [0.2, 0.25) is 0 Å². The van der Waals surface area contributed by atoms with Crippen LogP contribution in [0.15, 0.2) is 24.5 Å². The Morgan fingerprint density at radius 1 is 1.27 bits per heavy atom. The van der Waals surface area contributed by atoms with Crippen LogP contribution in [0, 0.1) is 0 Å². The number of pyridine rings is 1. The molecule has 0 aromatic carbocycles. The topological polar surface area (TPSA) is 37.0 Å². The highest BCUT2D eigenvalue weighted by molar-refractivity contribution is 5.08. The van der Waals surface area contributed by atoms with Gasteiger partial charge < -0.3 is 10.6 Å². The van der Waals surface area contributed by atoms with Gasteiger partial charge in [-0.3, -0.25) is 4.98 Å². The standard InChI is InChI=1S/C12H21N3/c1-11(2)15-9-8-13-7-5-12-4-3-6-14-10-12/h3-4,6,10-11,13,15H,5,7-9H2,1-2H3. The van der Waals surface area contributed by atoms with Crippen LogP contribution in [0.4, 0.5) is 0 Å². The normalized spacial score (nSPS) is 10.9. The lowest BCUT2D eigenvalue weighted by Gasteiger charge is -2.08. The van der Waals surface area contributed by atoms with Crippen molar-refractivity contribution in [3.8, 4) is 0 Å². The highest BCUT2D eigenvalue weighted by Gasteiger charge is 1.93. The minimum Gasteiger partial charge on any atom is -0.315 e. The highest BCUT2D eigenvalue weighted by atomic mass is 14.9. The first-order valence-electron chi connectivity index (χ1n) is 5.62. The monoisotopic (exact) mass is 207 g/mol. The Kier molecular flexibility index (Phi) is 5.97. The average Bonchev–Trinajstić information content (AvgIpc) is 2.24. The van der Waals surface area contributed by atoms with E-state index in [1.165, 1.54) is 5.56 Å². The van der Waals surface area contributed by atoms with E-state index in [0.29, 0.717) is 6.04 Å². The van der Waals surface area contributed by atoms with Gasteiger partial charge in [0.25, 0.3) is 0 Å². The molecule has 2 N–H and O–H groups in total. The summed E-state index contributed by atoms with van der Waals surface area (Å²) < 4.78 is 0. The Hall–Kier alpha value is -0.930. The maximum absolute atomic E-state index is 4.08. The minimum absolute atomic E-state index is 0.574. The zero-order valence-corrected chi connectivity index (χ0v) is 9.66. The summed E-state index contributed by atoms with van der Waals surface area (Å²) in [5.74, 6) is 0. The zero-order chi connectivity index (χ0) is 10.9. The number of nitrogens with zero attached hydrogens (tertiary/aromatic N) is 1. The summed E-state index contributed by atoms with van der Waals surface area (Å²) in [7, 11) is 0. The molecule has 0 amide bonds. The van der Waals surface area contributed by atoms with Gasteiger partial charge in [-0.15, -0.1) is 0 Å². The molecule has 1 heterocycles. The Labute approximate surface area is 92.3 Å². The first-order chi connectivity index (χ1) is 7.29. The van der Waals surface area contributed by atoms with Gasteiger partial charge in [-0.1, -0.05) is 19.9 Å². The molecule has 0 fully saturated rings. The molecule has 0 radical (unpaired) electrons. The number of rotatable bonds is 7. The van der Waals surface area contributed by atoms with E-state index in [4.69, 9.17) is 0 Å². The fourth-order valence-electron chi connectivity index (χ4n) is 1.35. The van der Waals surface area contributed by atoms with Gasteiger partial charge in [-0.05, 0) is 24.6 Å². The van der Waals surface area contributed by atoms with Crippen molar-refractivity contribution in [2.24, 2.45) is 0 Å². The second-order valence-corrected chi connectivity index (χ2v) is 3.97. The Morgan fingerprint density at radius 3 is 2.80 bits per heavy atom. The van der Waals surface area contributed by atoms with Crippen LogP contribution < -0.4 is 10.6 Å². The SMILES string of the molecule is CC(C)NCCNCCc1cccnc1.